The van der Waals surface area contributed by atoms with Gasteiger partial charge in [0.15, 0.2) is 41.0 Å². The number of carbonyl (C=O) groups excluding carboxylic acids is 1. The number of phenolic OH excluding ortho intramolecular Hbond substituents is 2. The third kappa shape index (κ3) is 4.30. The Morgan fingerprint density at radius 3 is 2.56 bits per heavy atom. The SMILES string of the molecule is CC(=O)/C=C/C=C/c1ccc2c(c1)OC(CO)C(c1ccc(O)c(O)c1)O2. The molecule has 0 fully saturated rings. The maximum atomic E-state index is 10.9. The molecule has 0 aromatic heterocycles. The van der Waals surface area contributed by atoms with Crippen LogP contribution >= 0.6 is 0 Å². The van der Waals surface area contributed by atoms with Crippen LogP contribution in [0.3, 0.4) is 0 Å². The van der Waals surface area contributed by atoms with E-state index in [4.69, 9.17) is 9.47 Å². The van der Waals surface area contributed by atoms with Crippen molar-refractivity contribution in [3.8, 4) is 23.0 Å². The lowest BCUT2D eigenvalue weighted by Crippen LogP contribution is -2.36. The maximum Gasteiger partial charge on any atom is 0.163 e. The summed E-state index contributed by atoms with van der Waals surface area (Å²) >= 11 is 0. The van der Waals surface area contributed by atoms with Gasteiger partial charge in [-0.2, -0.15) is 0 Å². The van der Waals surface area contributed by atoms with Crippen LogP contribution in [-0.4, -0.2) is 33.8 Å². The lowest BCUT2D eigenvalue weighted by atomic mass is 10.0. The van der Waals surface area contributed by atoms with Crippen molar-refractivity contribution in [3.63, 3.8) is 0 Å². The van der Waals surface area contributed by atoms with Crippen molar-refractivity contribution in [1.82, 2.24) is 0 Å². The molecule has 1 aliphatic heterocycles. The van der Waals surface area contributed by atoms with Gasteiger partial charge in [-0.05, 0) is 42.8 Å². The van der Waals surface area contributed by atoms with Crippen LogP contribution in [0.1, 0.15) is 24.2 Å². The standard InChI is InChI=1S/C21H20O6/c1-13(23)4-2-3-5-14-6-9-18-19(10-14)26-20(12-22)21(27-18)15-7-8-16(24)17(25)11-15/h2-11,20-22,24-25H,12H2,1H3/b4-2+,5-3+. The summed E-state index contributed by atoms with van der Waals surface area (Å²) in [5, 5.41) is 28.9. The number of aliphatic hydroxyl groups is 1. The first-order valence-electron chi connectivity index (χ1n) is 8.43. The Labute approximate surface area is 156 Å². The quantitative estimate of drug-likeness (QED) is 0.426. The van der Waals surface area contributed by atoms with Gasteiger partial charge in [0.2, 0.25) is 0 Å². The molecule has 1 aliphatic rings. The highest BCUT2D eigenvalue weighted by Gasteiger charge is 2.33. The molecule has 3 rings (SSSR count). The highest BCUT2D eigenvalue weighted by atomic mass is 16.6. The highest BCUT2D eigenvalue weighted by Crippen LogP contribution is 2.41. The molecule has 27 heavy (non-hydrogen) atoms. The number of carbonyl (C=O) groups is 1. The van der Waals surface area contributed by atoms with Crippen LogP contribution < -0.4 is 9.47 Å². The molecule has 2 atom stereocenters. The van der Waals surface area contributed by atoms with Gasteiger partial charge in [-0.25, -0.2) is 0 Å². The van der Waals surface area contributed by atoms with Crippen molar-refractivity contribution in [2.45, 2.75) is 19.1 Å². The predicted molar refractivity (Wildman–Crippen MR) is 99.9 cm³/mol. The summed E-state index contributed by atoms with van der Waals surface area (Å²) in [6, 6.07) is 9.72. The number of ketones is 1. The third-order valence-electron chi connectivity index (χ3n) is 4.08. The van der Waals surface area contributed by atoms with Crippen molar-refractivity contribution in [2.75, 3.05) is 6.61 Å². The summed E-state index contributed by atoms with van der Waals surface area (Å²) < 4.78 is 11.8. The molecule has 6 nitrogen and oxygen atoms in total. The Hall–Kier alpha value is -3.25. The molecular weight excluding hydrogens is 348 g/mol. The van der Waals surface area contributed by atoms with E-state index in [9.17, 15) is 20.1 Å². The molecule has 2 aromatic carbocycles. The lowest BCUT2D eigenvalue weighted by Gasteiger charge is -2.33. The number of hydrogen-bond acceptors (Lipinski definition) is 6. The Balaban J connectivity index is 1.84. The monoisotopic (exact) mass is 368 g/mol. The maximum absolute atomic E-state index is 10.9. The molecule has 140 valence electrons. The zero-order chi connectivity index (χ0) is 19.4. The molecular formula is C21H20O6. The molecule has 0 saturated carbocycles. The van der Waals surface area contributed by atoms with Crippen LogP contribution in [0.25, 0.3) is 6.08 Å². The molecule has 0 spiro atoms. The van der Waals surface area contributed by atoms with E-state index in [1.165, 1.54) is 25.1 Å². The second kappa shape index (κ2) is 7.97. The minimum atomic E-state index is -0.668. The molecule has 2 aromatic rings. The zero-order valence-electron chi connectivity index (χ0n) is 14.7. The van der Waals surface area contributed by atoms with E-state index >= 15 is 0 Å². The second-order valence-electron chi connectivity index (χ2n) is 6.16. The van der Waals surface area contributed by atoms with Crippen molar-refractivity contribution in [3.05, 3.63) is 65.8 Å². The van der Waals surface area contributed by atoms with E-state index in [0.717, 1.165) is 5.56 Å². The molecule has 2 unspecified atom stereocenters. The second-order valence-corrected chi connectivity index (χ2v) is 6.16. The van der Waals surface area contributed by atoms with Crippen molar-refractivity contribution in [2.24, 2.45) is 0 Å². The van der Waals surface area contributed by atoms with Crippen LogP contribution in [-0.2, 0) is 4.79 Å². The van der Waals surface area contributed by atoms with Gasteiger partial charge in [0.05, 0.1) is 6.61 Å². The zero-order valence-corrected chi connectivity index (χ0v) is 14.7. The first-order chi connectivity index (χ1) is 13.0. The van der Waals surface area contributed by atoms with E-state index in [-0.39, 0.29) is 23.9 Å². The minimum absolute atomic E-state index is 0.0288. The average molecular weight is 368 g/mol. The highest BCUT2D eigenvalue weighted by molar-refractivity contribution is 5.87. The third-order valence-corrected chi connectivity index (χ3v) is 4.08. The number of hydrogen-bond donors (Lipinski definition) is 3. The van der Waals surface area contributed by atoms with Crippen molar-refractivity contribution < 1.29 is 29.6 Å². The Morgan fingerprint density at radius 1 is 1.04 bits per heavy atom. The summed E-state index contributed by atoms with van der Waals surface area (Å²) in [5.74, 6) is 0.475. The first kappa shape index (κ1) is 18.5. The number of fused-ring (bicyclic) bond motifs is 1. The molecule has 3 N–H and O–H groups in total. The van der Waals surface area contributed by atoms with Gasteiger partial charge in [0.1, 0.15) is 0 Å². The fourth-order valence-electron chi connectivity index (χ4n) is 2.75. The van der Waals surface area contributed by atoms with E-state index in [2.05, 4.69) is 0 Å². The van der Waals surface area contributed by atoms with Gasteiger partial charge < -0.3 is 24.8 Å². The lowest BCUT2D eigenvalue weighted by molar-refractivity contribution is -0.112. The van der Waals surface area contributed by atoms with Gasteiger partial charge in [-0.1, -0.05) is 30.4 Å². The van der Waals surface area contributed by atoms with Crippen molar-refractivity contribution >= 4 is 11.9 Å². The number of benzene rings is 2. The van der Waals surface area contributed by atoms with Gasteiger partial charge in [-0.15, -0.1) is 0 Å². The fourth-order valence-corrected chi connectivity index (χ4v) is 2.75. The van der Waals surface area contributed by atoms with Crippen LogP contribution in [0.5, 0.6) is 23.0 Å². The molecule has 0 saturated heterocycles. The largest absolute Gasteiger partial charge is 0.504 e. The summed E-state index contributed by atoms with van der Waals surface area (Å²) in [5.41, 5.74) is 1.43. The number of aliphatic hydroxyl groups excluding tert-OH is 1. The molecule has 0 amide bonds. The summed E-state index contributed by atoms with van der Waals surface area (Å²) in [6.45, 7) is 1.20. The number of rotatable bonds is 5. The van der Waals surface area contributed by atoms with Gasteiger partial charge in [-0.3, -0.25) is 4.79 Å². The minimum Gasteiger partial charge on any atom is -0.504 e. The van der Waals surface area contributed by atoms with Crippen LogP contribution in [0.4, 0.5) is 0 Å². The van der Waals surface area contributed by atoms with E-state index in [1.54, 1.807) is 30.4 Å². The summed E-state index contributed by atoms with van der Waals surface area (Å²) in [6.07, 6.45) is 5.39. The number of allylic oxidation sites excluding steroid dienone is 3. The Bertz CT molecular complexity index is 900. The molecule has 6 heteroatoms. The van der Waals surface area contributed by atoms with Crippen LogP contribution in [0.2, 0.25) is 0 Å². The average Bonchev–Trinajstić information content (AvgIpc) is 2.66. The van der Waals surface area contributed by atoms with E-state index in [0.29, 0.717) is 17.1 Å². The van der Waals surface area contributed by atoms with E-state index in [1.807, 2.05) is 12.1 Å². The summed E-state index contributed by atoms with van der Waals surface area (Å²) in [7, 11) is 0. The number of ether oxygens (including phenoxy) is 2. The number of phenols is 2. The molecule has 1 heterocycles. The topological polar surface area (TPSA) is 96.2 Å². The fraction of sp³-hybridized carbons (Fsp3) is 0.190. The Kier molecular flexibility index (Phi) is 5.47. The van der Waals surface area contributed by atoms with Gasteiger partial charge in [0.25, 0.3) is 0 Å². The van der Waals surface area contributed by atoms with Crippen molar-refractivity contribution in [1.29, 1.82) is 0 Å². The Morgan fingerprint density at radius 2 is 1.85 bits per heavy atom. The predicted octanol–water partition coefficient (Wildman–Crippen LogP) is 3.13. The molecule has 0 bridgehead atoms. The van der Waals surface area contributed by atoms with E-state index < -0.39 is 12.2 Å². The van der Waals surface area contributed by atoms with Crippen LogP contribution in [0, 0.1) is 0 Å². The normalized spacial score (nSPS) is 18.9. The molecule has 0 radical (unpaired) electrons. The smallest absolute Gasteiger partial charge is 0.163 e. The van der Waals surface area contributed by atoms with Crippen LogP contribution in [0.15, 0.2) is 54.6 Å². The first-order valence-corrected chi connectivity index (χ1v) is 8.43. The number of aromatic hydroxyl groups is 2. The van der Waals surface area contributed by atoms with Gasteiger partial charge >= 0.3 is 0 Å². The van der Waals surface area contributed by atoms with Gasteiger partial charge in [0, 0.05) is 5.56 Å². The summed E-state index contributed by atoms with van der Waals surface area (Å²) in [4.78, 5) is 10.9. The molecule has 0 aliphatic carbocycles.